The Labute approximate surface area is 178 Å². The van der Waals surface area contributed by atoms with E-state index in [9.17, 15) is 9.59 Å². The van der Waals surface area contributed by atoms with Gasteiger partial charge in [0.2, 0.25) is 11.8 Å². The van der Waals surface area contributed by atoms with Crippen molar-refractivity contribution in [2.45, 2.75) is 12.3 Å². The number of hydrogen-bond donors (Lipinski definition) is 0. The van der Waals surface area contributed by atoms with Crippen LogP contribution in [0.3, 0.4) is 0 Å². The fourth-order valence-electron chi connectivity index (χ4n) is 3.85. The molecule has 0 spiro atoms. The molecule has 0 aromatic heterocycles. The van der Waals surface area contributed by atoms with E-state index in [0.29, 0.717) is 6.67 Å². The van der Waals surface area contributed by atoms with E-state index in [1.54, 1.807) is 0 Å². The summed E-state index contributed by atoms with van der Waals surface area (Å²) in [6.45, 7) is 3.63. The van der Waals surface area contributed by atoms with Gasteiger partial charge in [-0.05, 0) is 29.8 Å². The molecule has 2 aliphatic heterocycles. The molecule has 0 N–H and O–H groups in total. The normalized spacial score (nSPS) is 20.9. The number of rotatable bonds is 4. The van der Waals surface area contributed by atoms with Crippen molar-refractivity contribution in [1.29, 1.82) is 0 Å². The van der Waals surface area contributed by atoms with Crippen LogP contribution in [0.5, 0.6) is 0 Å². The number of halogens is 2. The molecule has 2 aromatic carbocycles. The van der Waals surface area contributed by atoms with Gasteiger partial charge in [-0.3, -0.25) is 19.4 Å². The van der Waals surface area contributed by atoms with Crippen LogP contribution in [0.1, 0.15) is 17.9 Å². The Kier molecular flexibility index (Phi) is 5.71. The Morgan fingerprint density at radius 3 is 2.46 bits per heavy atom. The second kappa shape index (κ2) is 8.23. The number of carbonyl (C=O) groups excluding carboxylic acids is 2. The second-order valence-electron chi connectivity index (χ2n) is 7.16. The topological polar surface area (TPSA) is 43.9 Å². The van der Waals surface area contributed by atoms with Crippen LogP contribution >= 0.6 is 27.5 Å². The van der Waals surface area contributed by atoms with Gasteiger partial charge in [0.15, 0.2) is 0 Å². The van der Waals surface area contributed by atoms with Gasteiger partial charge in [-0.2, -0.15) is 0 Å². The fraction of sp³-hybridized carbons (Fsp3) is 0.333. The number of hydrogen-bond acceptors (Lipinski definition) is 4. The van der Waals surface area contributed by atoms with E-state index in [1.807, 2.05) is 42.5 Å². The molecule has 0 bridgehead atoms. The van der Waals surface area contributed by atoms with Crippen molar-refractivity contribution in [3.63, 3.8) is 0 Å². The van der Waals surface area contributed by atoms with Crippen molar-refractivity contribution in [2.24, 2.45) is 0 Å². The molecule has 28 heavy (non-hydrogen) atoms. The van der Waals surface area contributed by atoms with Gasteiger partial charge in [0.25, 0.3) is 0 Å². The van der Waals surface area contributed by atoms with Gasteiger partial charge in [0.05, 0.1) is 12.6 Å². The molecular formula is C21H21BrClN3O2. The quantitative estimate of drug-likeness (QED) is 0.650. The number of anilines is 1. The van der Waals surface area contributed by atoms with E-state index in [-0.39, 0.29) is 18.2 Å². The highest BCUT2D eigenvalue weighted by Gasteiger charge is 2.41. The van der Waals surface area contributed by atoms with Gasteiger partial charge < -0.3 is 4.90 Å². The first kappa shape index (κ1) is 19.4. The van der Waals surface area contributed by atoms with Crippen LogP contribution in [0, 0.1) is 0 Å². The summed E-state index contributed by atoms with van der Waals surface area (Å²) in [7, 11) is 0. The Morgan fingerprint density at radius 1 is 1.00 bits per heavy atom. The molecule has 2 aliphatic rings. The summed E-state index contributed by atoms with van der Waals surface area (Å²) in [4.78, 5) is 31.3. The molecule has 4 rings (SSSR count). The fourth-order valence-corrected chi connectivity index (χ4v) is 4.60. The van der Waals surface area contributed by atoms with Crippen LogP contribution in [-0.2, 0) is 9.59 Å². The van der Waals surface area contributed by atoms with Crippen molar-refractivity contribution in [2.75, 3.05) is 37.7 Å². The smallest absolute Gasteiger partial charge is 0.238 e. The molecule has 146 valence electrons. The van der Waals surface area contributed by atoms with E-state index in [0.717, 1.165) is 46.9 Å². The highest BCUT2D eigenvalue weighted by Crippen LogP contribution is 2.34. The molecule has 5 nitrogen and oxygen atoms in total. The second-order valence-corrected chi connectivity index (χ2v) is 8.46. The third kappa shape index (κ3) is 3.95. The van der Waals surface area contributed by atoms with E-state index in [1.165, 1.54) is 4.90 Å². The van der Waals surface area contributed by atoms with Crippen LogP contribution in [-0.4, -0.2) is 54.5 Å². The molecule has 1 atom stereocenters. The third-order valence-corrected chi connectivity index (χ3v) is 6.37. The van der Waals surface area contributed by atoms with Crippen LogP contribution < -0.4 is 4.90 Å². The summed E-state index contributed by atoms with van der Waals surface area (Å²) in [6.07, 6.45) is 0.240. The predicted molar refractivity (Wildman–Crippen MR) is 113 cm³/mol. The van der Waals surface area contributed by atoms with Crippen molar-refractivity contribution in [1.82, 2.24) is 9.80 Å². The number of likely N-dealkylation sites (tertiary alicyclic amines) is 1. The highest BCUT2D eigenvalue weighted by molar-refractivity contribution is 9.10. The molecule has 7 heteroatoms. The maximum Gasteiger partial charge on any atom is 0.238 e. The molecule has 2 heterocycles. The lowest BCUT2D eigenvalue weighted by Gasteiger charge is -2.37. The van der Waals surface area contributed by atoms with Gasteiger partial charge in [0.1, 0.15) is 0 Å². The zero-order chi connectivity index (χ0) is 19.7. The maximum absolute atomic E-state index is 12.9. The van der Waals surface area contributed by atoms with E-state index in [4.69, 9.17) is 11.6 Å². The van der Waals surface area contributed by atoms with Crippen LogP contribution in [0.15, 0.2) is 53.0 Å². The van der Waals surface area contributed by atoms with Crippen molar-refractivity contribution in [3.8, 4) is 0 Å². The van der Waals surface area contributed by atoms with Gasteiger partial charge >= 0.3 is 0 Å². The van der Waals surface area contributed by atoms with E-state index >= 15 is 0 Å². The van der Waals surface area contributed by atoms with Crippen LogP contribution in [0.25, 0.3) is 0 Å². The monoisotopic (exact) mass is 461 g/mol. The molecule has 2 fully saturated rings. The summed E-state index contributed by atoms with van der Waals surface area (Å²) in [5, 5.41) is 0.728. The first-order chi connectivity index (χ1) is 13.5. The summed E-state index contributed by atoms with van der Waals surface area (Å²) in [5.74, 6) is -0.590. The third-order valence-electron chi connectivity index (χ3n) is 5.41. The zero-order valence-corrected chi connectivity index (χ0v) is 17.7. The Hall–Kier alpha value is -1.89. The molecule has 0 saturated carbocycles. The lowest BCUT2D eigenvalue weighted by Crippen LogP contribution is -2.51. The van der Waals surface area contributed by atoms with E-state index in [2.05, 4.69) is 31.8 Å². The van der Waals surface area contributed by atoms with Gasteiger partial charge in [0, 0.05) is 47.8 Å². The van der Waals surface area contributed by atoms with Crippen LogP contribution in [0.2, 0.25) is 5.02 Å². The number of amides is 2. The summed E-state index contributed by atoms with van der Waals surface area (Å²) in [5.41, 5.74) is 1.99. The average molecular weight is 463 g/mol. The van der Waals surface area contributed by atoms with Crippen LogP contribution in [0.4, 0.5) is 5.69 Å². The molecule has 1 unspecified atom stereocenters. The summed E-state index contributed by atoms with van der Waals surface area (Å²) in [6, 6.07) is 15.5. The zero-order valence-electron chi connectivity index (χ0n) is 15.4. The summed E-state index contributed by atoms with van der Waals surface area (Å²) >= 11 is 9.59. The van der Waals surface area contributed by atoms with Gasteiger partial charge in [-0.1, -0.05) is 51.8 Å². The molecule has 2 aromatic rings. The number of piperazine rings is 1. The van der Waals surface area contributed by atoms with Gasteiger partial charge in [-0.15, -0.1) is 0 Å². The lowest BCUT2D eigenvalue weighted by molar-refractivity contribution is -0.141. The molecule has 2 saturated heterocycles. The maximum atomic E-state index is 12.9. The minimum absolute atomic E-state index is 0.0944. The van der Waals surface area contributed by atoms with Crippen molar-refractivity contribution >= 4 is 45.0 Å². The first-order valence-electron chi connectivity index (χ1n) is 9.34. The SMILES string of the molecule is O=C1CC(c2ccccc2Br)C(=O)N1CN1CCN(c2cccc(Cl)c2)CC1. The Morgan fingerprint density at radius 2 is 1.75 bits per heavy atom. The standard InChI is InChI=1S/C21H21BrClN3O2/c22-19-7-2-1-6-17(19)18-13-20(27)26(21(18)28)14-24-8-10-25(11-9-24)16-5-3-4-15(23)12-16/h1-7,12,18H,8-11,13-14H2. The van der Waals surface area contributed by atoms with Gasteiger partial charge in [-0.25, -0.2) is 0 Å². The highest BCUT2D eigenvalue weighted by atomic mass is 79.9. The summed E-state index contributed by atoms with van der Waals surface area (Å²) < 4.78 is 0.873. The number of nitrogens with zero attached hydrogens (tertiary/aromatic N) is 3. The number of benzene rings is 2. The Balaban J connectivity index is 1.38. The van der Waals surface area contributed by atoms with E-state index < -0.39 is 5.92 Å². The largest absolute Gasteiger partial charge is 0.369 e. The molecular weight excluding hydrogens is 442 g/mol. The predicted octanol–water partition coefficient (Wildman–Crippen LogP) is 3.72. The molecule has 0 aliphatic carbocycles. The molecule has 0 radical (unpaired) electrons. The lowest BCUT2D eigenvalue weighted by atomic mass is 9.98. The molecule has 2 amide bonds. The first-order valence-corrected chi connectivity index (χ1v) is 10.5. The number of carbonyl (C=O) groups is 2. The minimum atomic E-state index is -0.393. The minimum Gasteiger partial charge on any atom is -0.369 e. The van der Waals surface area contributed by atoms with Crippen molar-refractivity contribution in [3.05, 3.63) is 63.6 Å². The number of imide groups is 1. The average Bonchev–Trinajstić information content (AvgIpc) is 2.97. The van der Waals surface area contributed by atoms with Crippen molar-refractivity contribution < 1.29 is 9.59 Å². The Bertz CT molecular complexity index is 899.